The number of hydrogen-bond donors (Lipinski definition) is 1. The summed E-state index contributed by atoms with van der Waals surface area (Å²) in [5.74, 6) is 0.665. The summed E-state index contributed by atoms with van der Waals surface area (Å²) in [6.45, 7) is 7.45. The third-order valence-corrected chi connectivity index (χ3v) is 4.48. The predicted octanol–water partition coefficient (Wildman–Crippen LogP) is 3.68. The number of nitro groups is 1. The van der Waals surface area contributed by atoms with Gasteiger partial charge in [0.1, 0.15) is 0 Å². The molecule has 1 saturated carbocycles. The lowest BCUT2D eigenvalue weighted by molar-refractivity contribution is -0.385. The summed E-state index contributed by atoms with van der Waals surface area (Å²) in [4.78, 5) is 10.7. The zero-order valence-electron chi connectivity index (χ0n) is 11.8. The second-order valence-electron chi connectivity index (χ2n) is 5.94. The summed E-state index contributed by atoms with van der Waals surface area (Å²) < 4.78 is 0. The molecule has 1 aliphatic rings. The molecular weight excluding hydrogens is 240 g/mol. The number of nitrogens with one attached hydrogen (secondary N) is 1. The van der Waals surface area contributed by atoms with Crippen molar-refractivity contribution in [2.24, 2.45) is 11.3 Å². The Labute approximate surface area is 114 Å². The van der Waals surface area contributed by atoms with Crippen LogP contribution in [0.5, 0.6) is 0 Å². The van der Waals surface area contributed by atoms with E-state index in [1.165, 1.54) is 12.8 Å². The molecule has 4 nitrogen and oxygen atoms in total. The van der Waals surface area contributed by atoms with Crippen LogP contribution >= 0.6 is 0 Å². The van der Waals surface area contributed by atoms with Crippen molar-refractivity contribution in [2.45, 2.75) is 39.7 Å². The second kappa shape index (κ2) is 5.29. The fraction of sp³-hybridized carbons (Fsp3) is 0.600. The molecule has 1 aromatic carbocycles. The van der Waals surface area contributed by atoms with Crippen molar-refractivity contribution in [2.75, 3.05) is 6.54 Å². The third-order valence-electron chi connectivity index (χ3n) is 4.48. The van der Waals surface area contributed by atoms with E-state index < -0.39 is 0 Å². The maximum atomic E-state index is 11.0. The lowest BCUT2D eigenvalue weighted by Crippen LogP contribution is -2.30. The fourth-order valence-corrected chi connectivity index (χ4v) is 2.61. The van der Waals surface area contributed by atoms with Crippen LogP contribution in [0.25, 0.3) is 0 Å². The Morgan fingerprint density at radius 3 is 2.47 bits per heavy atom. The van der Waals surface area contributed by atoms with Crippen molar-refractivity contribution in [1.82, 2.24) is 5.32 Å². The molecule has 1 unspecified atom stereocenters. The first kappa shape index (κ1) is 14.0. The molecule has 1 aliphatic carbocycles. The van der Waals surface area contributed by atoms with Crippen molar-refractivity contribution in [3.05, 3.63) is 39.9 Å². The number of rotatable bonds is 6. The molecular formula is C15H22N2O2. The van der Waals surface area contributed by atoms with E-state index >= 15 is 0 Å². The summed E-state index contributed by atoms with van der Waals surface area (Å²) in [5.41, 5.74) is 1.39. The topological polar surface area (TPSA) is 55.2 Å². The monoisotopic (exact) mass is 262 g/mol. The van der Waals surface area contributed by atoms with Crippen LogP contribution in [-0.2, 0) is 0 Å². The summed E-state index contributed by atoms with van der Waals surface area (Å²) in [6, 6.07) is 6.99. The van der Waals surface area contributed by atoms with Crippen molar-refractivity contribution >= 4 is 5.69 Å². The van der Waals surface area contributed by atoms with Gasteiger partial charge in [-0.25, -0.2) is 0 Å². The van der Waals surface area contributed by atoms with Gasteiger partial charge in [-0.15, -0.1) is 0 Å². The molecule has 0 bridgehead atoms. The summed E-state index contributed by atoms with van der Waals surface area (Å²) >= 11 is 0. The van der Waals surface area contributed by atoms with Crippen LogP contribution in [0.4, 0.5) is 5.69 Å². The fourth-order valence-electron chi connectivity index (χ4n) is 2.61. The van der Waals surface area contributed by atoms with Crippen LogP contribution in [0.3, 0.4) is 0 Å². The first-order valence-electron chi connectivity index (χ1n) is 6.93. The highest BCUT2D eigenvalue weighted by Gasteiger charge is 2.45. The molecule has 19 heavy (non-hydrogen) atoms. The van der Waals surface area contributed by atoms with Gasteiger partial charge in [0.15, 0.2) is 0 Å². The van der Waals surface area contributed by atoms with Gasteiger partial charge in [-0.1, -0.05) is 32.0 Å². The smallest absolute Gasteiger partial charge is 0.274 e. The molecule has 0 aromatic heterocycles. The first-order valence-corrected chi connectivity index (χ1v) is 6.93. The molecule has 0 aliphatic heterocycles. The summed E-state index contributed by atoms with van der Waals surface area (Å²) in [6.07, 6.45) is 2.53. The predicted molar refractivity (Wildman–Crippen MR) is 76.0 cm³/mol. The molecule has 2 rings (SSSR count). The third kappa shape index (κ3) is 2.95. The van der Waals surface area contributed by atoms with E-state index in [1.54, 1.807) is 12.1 Å². The van der Waals surface area contributed by atoms with Crippen LogP contribution in [0, 0.1) is 21.4 Å². The molecule has 0 heterocycles. The van der Waals surface area contributed by atoms with Crippen molar-refractivity contribution in [3.8, 4) is 0 Å². The van der Waals surface area contributed by atoms with Gasteiger partial charge >= 0.3 is 0 Å². The quantitative estimate of drug-likeness (QED) is 0.628. The van der Waals surface area contributed by atoms with Gasteiger partial charge in [-0.2, -0.15) is 0 Å². The number of nitrogens with zero attached hydrogens (tertiary/aromatic N) is 1. The number of nitro benzene ring substituents is 1. The van der Waals surface area contributed by atoms with Crippen molar-refractivity contribution in [3.63, 3.8) is 0 Å². The molecule has 0 saturated heterocycles. The van der Waals surface area contributed by atoms with E-state index in [-0.39, 0.29) is 16.7 Å². The minimum atomic E-state index is -0.303. The lowest BCUT2D eigenvalue weighted by Gasteiger charge is -2.23. The number of benzene rings is 1. The van der Waals surface area contributed by atoms with Gasteiger partial charge in [-0.05, 0) is 31.1 Å². The Hall–Kier alpha value is -1.42. The van der Waals surface area contributed by atoms with Gasteiger partial charge in [0.2, 0.25) is 0 Å². The van der Waals surface area contributed by atoms with Crippen LogP contribution in [0.15, 0.2) is 24.3 Å². The van der Waals surface area contributed by atoms with E-state index in [0.717, 1.165) is 12.1 Å². The molecule has 1 aromatic rings. The van der Waals surface area contributed by atoms with E-state index in [9.17, 15) is 10.1 Å². The molecule has 4 heteroatoms. The highest BCUT2D eigenvalue weighted by Crippen LogP contribution is 2.51. The Bertz CT molecular complexity index is 467. The molecule has 1 fully saturated rings. The maximum absolute atomic E-state index is 11.0. The van der Waals surface area contributed by atoms with Gasteiger partial charge in [0.25, 0.3) is 5.69 Å². The number of para-hydroxylation sites is 1. The first-order chi connectivity index (χ1) is 8.96. The van der Waals surface area contributed by atoms with Crippen LogP contribution < -0.4 is 5.32 Å². The Balaban J connectivity index is 2.04. The van der Waals surface area contributed by atoms with Crippen molar-refractivity contribution < 1.29 is 4.92 Å². The minimum absolute atomic E-state index is 0.0119. The Morgan fingerprint density at radius 2 is 1.95 bits per heavy atom. The summed E-state index contributed by atoms with van der Waals surface area (Å²) in [5, 5.41) is 14.5. The molecule has 1 N–H and O–H groups in total. The van der Waals surface area contributed by atoms with Gasteiger partial charge in [0.05, 0.1) is 4.92 Å². The van der Waals surface area contributed by atoms with E-state index in [1.807, 2.05) is 19.1 Å². The summed E-state index contributed by atoms with van der Waals surface area (Å²) in [7, 11) is 0. The van der Waals surface area contributed by atoms with Crippen LogP contribution in [-0.4, -0.2) is 11.5 Å². The van der Waals surface area contributed by atoms with E-state index in [4.69, 9.17) is 0 Å². The Morgan fingerprint density at radius 1 is 1.32 bits per heavy atom. The molecule has 0 spiro atoms. The van der Waals surface area contributed by atoms with Gasteiger partial charge < -0.3 is 5.32 Å². The van der Waals surface area contributed by atoms with Gasteiger partial charge in [-0.3, -0.25) is 10.1 Å². The minimum Gasteiger partial charge on any atom is -0.309 e. The van der Waals surface area contributed by atoms with Gasteiger partial charge in [0, 0.05) is 24.2 Å². The zero-order valence-corrected chi connectivity index (χ0v) is 11.8. The molecule has 0 amide bonds. The molecule has 104 valence electrons. The van der Waals surface area contributed by atoms with Crippen LogP contribution in [0.1, 0.15) is 45.2 Å². The number of hydrogen-bond acceptors (Lipinski definition) is 3. The molecule has 1 atom stereocenters. The Kier molecular flexibility index (Phi) is 3.90. The standard InChI is InChI=1S/C15H22N2O2/c1-11(2)15(8-9-15)10-16-12(3)13-6-4-5-7-14(13)17(18)19/h4-7,11-12,16H,8-10H2,1-3H3. The normalized spacial score (nSPS) is 18.3. The second-order valence-corrected chi connectivity index (χ2v) is 5.94. The maximum Gasteiger partial charge on any atom is 0.274 e. The highest BCUT2D eigenvalue weighted by atomic mass is 16.6. The average Bonchev–Trinajstić information content (AvgIpc) is 3.17. The van der Waals surface area contributed by atoms with Crippen LogP contribution in [0.2, 0.25) is 0 Å². The van der Waals surface area contributed by atoms with E-state index in [0.29, 0.717) is 11.3 Å². The zero-order chi connectivity index (χ0) is 14.0. The molecule has 0 radical (unpaired) electrons. The largest absolute Gasteiger partial charge is 0.309 e. The lowest BCUT2D eigenvalue weighted by atomic mass is 9.92. The SMILES string of the molecule is CC(NCC1(C(C)C)CC1)c1ccccc1[N+](=O)[O-]. The van der Waals surface area contributed by atoms with Crippen molar-refractivity contribution in [1.29, 1.82) is 0 Å². The highest BCUT2D eigenvalue weighted by molar-refractivity contribution is 5.41. The van der Waals surface area contributed by atoms with E-state index in [2.05, 4.69) is 19.2 Å². The average molecular weight is 262 g/mol.